The minimum absolute atomic E-state index is 0.291. The number of rotatable bonds is 2. The zero-order chi connectivity index (χ0) is 19.3. The Morgan fingerprint density at radius 3 is 2.56 bits per heavy atom. The summed E-state index contributed by atoms with van der Waals surface area (Å²) in [4.78, 5) is 11.9. The third-order valence-electron chi connectivity index (χ3n) is 5.40. The van der Waals surface area contributed by atoms with Crippen molar-refractivity contribution in [1.29, 1.82) is 0 Å². The number of hydrogen-bond donors (Lipinski definition) is 3. The molecule has 134 valence electrons. The van der Waals surface area contributed by atoms with E-state index in [1.807, 2.05) is 48.6 Å². The molecular weight excluding hydrogens is 352 g/mol. The first kappa shape index (κ1) is 17.2. The van der Waals surface area contributed by atoms with Crippen molar-refractivity contribution in [1.82, 2.24) is 0 Å². The van der Waals surface area contributed by atoms with Crippen molar-refractivity contribution >= 4 is 36.2 Å². The number of carboxylic acids is 1. The van der Waals surface area contributed by atoms with Crippen LogP contribution in [0.3, 0.4) is 0 Å². The van der Waals surface area contributed by atoms with Crippen LogP contribution in [0.1, 0.15) is 21.5 Å². The van der Waals surface area contributed by atoms with Gasteiger partial charge in [0.2, 0.25) is 0 Å². The quantitative estimate of drug-likeness (QED) is 0.555. The SMILES string of the molecule is C[Si]1(C)C2=CC(=[NH2+])C=CC2=C(c2ccccc2C(=O)O)c2ccc(N)cc21. The van der Waals surface area contributed by atoms with Crippen LogP contribution in [0, 0.1) is 0 Å². The lowest BCUT2D eigenvalue weighted by atomic mass is 9.87. The fourth-order valence-electron chi connectivity index (χ4n) is 4.06. The Balaban J connectivity index is 2.15. The molecule has 0 spiro atoms. The predicted octanol–water partition coefficient (Wildman–Crippen LogP) is 1.93. The summed E-state index contributed by atoms with van der Waals surface area (Å²) in [7, 11) is -2.04. The average Bonchev–Trinajstić information content (AvgIpc) is 2.63. The van der Waals surface area contributed by atoms with Crippen molar-refractivity contribution < 1.29 is 15.3 Å². The van der Waals surface area contributed by atoms with E-state index in [4.69, 9.17) is 11.1 Å². The molecule has 5 heteroatoms. The van der Waals surface area contributed by atoms with Gasteiger partial charge in [0.25, 0.3) is 0 Å². The normalized spacial score (nSPS) is 17.3. The van der Waals surface area contributed by atoms with Crippen LogP contribution in [0.25, 0.3) is 5.57 Å². The van der Waals surface area contributed by atoms with Gasteiger partial charge in [-0.2, -0.15) is 0 Å². The average molecular weight is 374 g/mol. The monoisotopic (exact) mass is 373 g/mol. The molecule has 2 aliphatic rings. The molecule has 4 rings (SSSR count). The van der Waals surface area contributed by atoms with E-state index in [0.29, 0.717) is 22.5 Å². The Kier molecular flexibility index (Phi) is 3.78. The maximum atomic E-state index is 11.9. The largest absolute Gasteiger partial charge is 0.478 e. The van der Waals surface area contributed by atoms with Crippen LogP contribution in [0.4, 0.5) is 5.69 Å². The lowest BCUT2D eigenvalue weighted by molar-refractivity contribution is -0.110. The molecule has 1 heterocycles. The molecule has 5 N–H and O–H groups in total. The van der Waals surface area contributed by atoms with Gasteiger partial charge in [-0.25, -0.2) is 4.79 Å². The molecule has 0 bridgehead atoms. The molecule has 0 atom stereocenters. The van der Waals surface area contributed by atoms with Crippen molar-refractivity contribution in [2.24, 2.45) is 0 Å². The second kappa shape index (κ2) is 5.92. The molecule has 2 aromatic rings. The molecule has 0 saturated carbocycles. The van der Waals surface area contributed by atoms with E-state index in [1.54, 1.807) is 12.1 Å². The van der Waals surface area contributed by atoms with Gasteiger partial charge in [-0.1, -0.05) is 37.4 Å². The Bertz CT molecular complexity index is 1110. The van der Waals surface area contributed by atoms with E-state index in [2.05, 4.69) is 13.1 Å². The highest BCUT2D eigenvalue weighted by Gasteiger charge is 2.40. The number of nitrogens with two attached hydrogens (primary N) is 2. The number of benzene rings is 2. The van der Waals surface area contributed by atoms with Gasteiger partial charge in [0, 0.05) is 17.8 Å². The van der Waals surface area contributed by atoms with Gasteiger partial charge >= 0.3 is 5.97 Å². The lowest BCUT2D eigenvalue weighted by Crippen LogP contribution is -2.50. The van der Waals surface area contributed by atoms with Crippen molar-refractivity contribution in [3.05, 3.63) is 88.2 Å². The summed E-state index contributed by atoms with van der Waals surface area (Å²) < 4.78 is 0. The Morgan fingerprint density at radius 2 is 1.81 bits per heavy atom. The van der Waals surface area contributed by atoms with Gasteiger partial charge < -0.3 is 10.8 Å². The summed E-state index contributed by atoms with van der Waals surface area (Å²) in [6, 6.07) is 13.1. The zero-order valence-electron chi connectivity index (χ0n) is 15.3. The molecule has 1 aliphatic carbocycles. The van der Waals surface area contributed by atoms with Crippen molar-refractivity contribution in [2.45, 2.75) is 13.1 Å². The Labute approximate surface area is 158 Å². The van der Waals surface area contributed by atoms with Crippen LogP contribution in [-0.4, -0.2) is 24.9 Å². The fourth-order valence-corrected chi connectivity index (χ4v) is 7.17. The molecule has 0 fully saturated rings. The van der Waals surface area contributed by atoms with E-state index >= 15 is 0 Å². The highest BCUT2D eigenvalue weighted by atomic mass is 28.3. The molecule has 0 saturated heterocycles. The van der Waals surface area contributed by atoms with Crippen LogP contribution < -0.4 is 16.3 Å². The number of nitrogen functional groups attached to an aromatic ring is 1. The van der Waals surface area contributed by atoms with Gasteiger partial charge in [0.1, 0.15) is 8.07 Å². The second-order valence-electron chi connectivity index (χ2n) is 7.46. The Morgan fingerprint density at radius 1 is 1.07 bits per heavy atom. The smallest absolute Gasteiger partial charge is 0.336 e. The number of aromatic carboxylic acids is 1. The third kappa shape index (κ3) is 2.59. The van der Waals surface area contributed by atoms with E-state index in [1.165, 1.54) is 10.4 Å². The number of fused-ring (bicyclic) bond motifs is 2. The lowest BCUT2D eigenvalue weighted by Gasteiger charge is -2.37. The van der Waals surface area contributed by atoms with Crippen LogP contribution >= 0.6 is 0 Å². The van der Waals surface area contributed by atoms with Crippen LogP contribution in [0.2, 0.25) is 13.1 Å². The summed E-state index contributed by atoms with van der Waals surface area (Å²) in [6.07, 6.45) is 5.94. The van der Waals surface area contributed by atoms with Crippen LogP contribution in [0.5, 0.6) is 0 Å². The van der Waals surface area contributed by atoms with E-state index in [-0.39, 0.29) is 0 Å². The third-order valence-corrected chi connectivity index (χ3v) is 8.92. The number of allylic oxidation sites excluding steroid dienone is 5. The molecule has 2 aromatic carbocycles. The highest BCUT2D eigenvalue weighted by molar-refractivity contribution is 6.98. The maximum Gasteiger partial charge on any atom is 0.336 e. The van der Waals surface area contributed by atoms with Crippen LogP contribution in [-0.2, 0) is 0 Å². The van der Waals surface area contributed by atoms with Crippen LogP contribution in [0.15, 0.2) is 71.5 Å². The molecule has 0 amide bonds. The molecule has 0 aromatic heterocycles. The van der Waals surface area contributed by atoms with Gasteiger partial charge in [0.05, 0.1) is 5.56 Å². The molecule has 0 radical (unpaired) electrons. The summed E-state index contributed by atoms with van der Waals surface area (Å²) in [5, 5.41) is 18.3. The summed E-state index contributed by atoms with van der Waals surface area (Å²) in [5.74, 6) is -0.936. The number of anilines is 1. The van der Waals surface area contributed by atoms with E-state index in [0.717, 1.165) is 16.7 Å². The van der Waals surface area contributed by atoms with Crippen molar-refractivity contribution in [2.75, 3.05) is 5.73 Å². The van der Waals surface area contributed by atoms with E-state index in [9.17, 15) is 9.90 Å². The summed E-state index contributed by atoms with van der Waals surface area (Å²) >= 11 is 0. The van der Waals surface area contributed by atoms with Crippen molar-refractivity contribution in [3.63, 3.8) is 0 Å². The molecule has 0 unspecified atom stereocenters. The first-order valence-electron chi connectivity index (χ1n) is 8.81. The second-order valence-corrected chi connectivity index (χ2v) is 11.8. The van der Waals surface area contributed by atoms with Gasteiger partial charge in [-0.15, -0.1) is 0 Å². The fraction of sp³-hybridized carbons (Fsp3) is 0.0909. The minimum atomic E-state index is -2.04. The topological polar surface area (TPSA) is 88.9 Å². The standard InChI is InChI=1S/C22H20N2O2Si/c1-27(2)19-11-13(23)7-9-17(19)21(18-10-8-14(24)12-20(18)27)15-5-3-4-6-16(15)22(25)26/h3-12,23H,24H2,1-2H3,(H,25,26)/p+1. The zero-order valence-corrected chi connectivity index (χ0v) is 16.3. The minimum Gasteiger partial charge on any atom is -0.478 e. The molecular formula is C22H21N2O2Si+. The highest BCUT2D eigenvalue weighted by Crippen LogP contribution is 2.42. The predicted molar refractivity (Wildman–Crippen MR) is 112 cm³/mol. The maximum absolute atomic E-state index is 11.9. The molecule has 4 nitrogen and oxygen atoms in total. The van der Waals surface area contributed by atoms with Crippen molar-refractivity contribution in [3.8, 4) is 0 Å². The summed E-state index contributed by atoms with van der Waals surface area (Å²) in [5.41, 5.74) is 11.6. The molecule has 27 heavy (non-hydrogen) atoms. The van der Waals surface area contributed by atoms with E-state index < -0.39 is 14.0 Å². The number of carboxylic acid groups (broad SMARTS) is 1. The first-order valence-corrected chi connectivity index (χ1v) is 11.8. The Hall–Kier alpha value is -3.18. The summed E-state index contributed by atoms with van der Waals surface area (Å²) in [6.45, 7) is 4.56. The number of carbonyl (C=O) groups is 1. The van der Waals surface area contributed by atoms with Gasteiger partial charge in [-0.3, -0.25) is 5.41 Å². The first-order chi connectivity index (χ1) is 12.8. The van der Waals surface area contributed by atoms with Gasteiger partial charge in [0.15, 0.2) is 5.71 Å². The number of hydrogen-bond acceptors (Lipinski definition) is 2. The molecule has 1 aliphatic heterocycles. The van der Waals surface area contributed by atoms with Gasteiger partial charge in [-0.05, 0) is 56.9 Å².